The first-order valence-corrected chi connectivity index (χ1v) is 6.95. The maximum Gasteiger partial charge on any atom is 0.0622 e. The van der Waals surface area contributed by atoms with Gasteiger partial charge in [0.1, 0.15) is 0 Å². The van der Waals surface area contributed by atoms with E-state index < -0.39 is 0 Å². The first-order chi connectivity index (χ1) is 9.26. The lowest BCUT2D eigenvalue weighted by Gasteiger charge is -2.10. The minimum Gasteiger partial charge on any atom is -0.347 e. The van der Waals surface area contributed by atoms with E-state index in [4.69, 9.17) is 11.0 Å². The highest BCUT2D eigenvalue weighted by Gasteiger charge is 2.08. The number of rotatable bonds is 6. The number of aromatic nitrogens is 1. The summed E-state index contributed by atoms with van der Waals surface area (Å²) < 4.78 is 2.23. The zero-order valence-corrected chi connectivity index (χ0v) is 11.5. The van der Waals surface area contributed by atoms with Crippen molar-refractivity contribution in [2.45, 2.75) is 45.2 Å². The van der Waals surface area contributed by atoms with Crippen molar-refractivity contribution in [1.29, 1.82) is 5.26 Å². The number of unbranched alkanes of at least 4 members (excludes halogenated alkanes) is 1. The maximum atomic E-state index is 8.61. The molecule has 0 saturated carbocycles. The van der Waals surface area contributed by atoms with Gasteiger partial charge in [0.25, 0.3) is 0 Å². The van der Waals surface area contributed by atoms with Crippen LogP contribution in [0.2, 0.25) is 0 Å². The zero-order chi connectivity index (χ0) is 13.7. The lowest BCUT2D eigenvalue weighted by Crippen LogP contribution is -2.21. The van der Waals surface area contributed by atoms with Gasteiger partial charge in [-0.3, -0.25) is 0 Å². The molecule has 0 saturated heterocycles. The van der Waals surface area contributed by atoms with Gasteiger partial charge in [-0.25, -0.2) is 0 Å². The molecule has 2 N–H and O–H groups in total. The minimum absolute atomic E-state index is 0.229. The molecule has 0 amide bonds. The van der Waals surface area contributed by atoms with E-state index in [1.54, 1.807) is 0 Å². The van der Waals surface area contributed by atoms with Crippen LogP contribution in [0.5, 0.6) is 0 Å². The first-order valence-electron chi connectivity index (χ1n) is 6.95. The number of hydrogen-bond acceptors (Lipinski definition) is 2. The minimum atomic E-state index is 0.229. The summed E-state index contributed by atoms with van der Waals surface area (Å²) in [7, 11) is 0. The quantitative estimate of drug-likeness (QED) is 0.806. The van der Waals surface area contributed by atoms with Crippen LogP contribution in [0, 0.1) is 11.3 Å². The molecule has 1 aromatic carbocycles. The fourth-order valence-corrected chi connectivity index (χ4v) is 2.42. The molecule has 0 fully saturated rings. The van der Waals surface area contributed by atoms with E-state index >= 15 is 0 Å². The summed E-state index contributed by atoms with van der Waals surface area (Å²) in [6, 6.07) is 11.0. The molecule has 1 atom stereocenters. The Morgan fingerprint density at radius 3 is 2.95 bits per heavy atom. The van der Waals surface area contributed by atoms with Crippen molar-refractivity contribution in [2.24, 2.45) is 5.73 Å². The van der Waals surface area contributed by atoms with Crippen LogP contribution in [-0.4, -0.2) is 10.6 Å². The molecule has 1 unspecified atom stereocenters. The highest BCUT2D eigenvalue weighted by molar-refractivity contribution is 5.83. The standard InChI is InChI=1S/C16H21N3/c1-2-14(18)12-13-6-5-7-16-15(13)8-11-19(16)10-4-3-9-17/h5-8,11,14H,2-4,10,12,18H2,1H3. The van der Waals surface area contributed by atoms with Gasteiger partial charge in [-0.15, -0.1) is 0 Å². The molecule has 0 aliphatic rings. The third-order valence-electron chi connectivity index (χ3n) is 3.60. The van der Waals surface area contributed by atoms with Crippen LogP contribution in [0.25, 0.3) is 10.9 Å². The highest BCUT2D eigenvalue weighted by Crippen LogP contribution is 2.22. The summed E-state index contributed by atoms with van der Waals surface area (Å²) in [4.78, 5) is 0. The van der Waals surface area contributed by atoms with E-state index in [2.05, 4.69) is 48.0 Å². The smallest absolute Gasteiger partial charge is 0.0622 e. The summed E-state index contributed by atoms with van der Waals surface area (Å²) >= 11 is 0. The van der Waals surface area contributed by atoms with Crippen molar-refractivity contribution in [3.63, 3.8) is 0 Å². The number of hydrogen-bond donors (Lipinski definition) is 1. The highest BCUT2D eigenvalue weighted by atomic mass is 14.9. The van der Waals surface area contributed by atoms with Gasteiger partial charge in [0.05, 0.1) is 6.07 Å². The lowest BCUT2D eigenvalue weighted by atomic mass is 10.0. The number of benzene rings is 1. The van der Waals surface area contributed by atoms with Crippen molar-refractivity contribution in [2.75, 3.05) is 0 Å². The van der Waals surface area contributed by atoms with Crippen LogP contribution in [0.1, 0.15) is 31.7 Å². The second kappa shape index (κ2) is 6.40. The number of aryl methyl sites for hydroxylation is 1. The van der Waals surface area contributed by atoms with E-state index in [-0.39, 0.29) is 6.04 Å². The molecule has 1 aromatic heterocycles. The molecule has 0 spiro atoms. The van der Waals surface area contributed by atoms with Crippen molar-refractivity contribution in [1.82, 2.24) is 4.57 Å². The van der Waals surface area contributed by atoms with Gasteiger partial charge in [0.15, 0.2) is 0 Å². The van der Waals surface area contributed by atoms with Crippen LogP contribution in [0.3, 0.4) is 0 Å². The molecule has 3 nitrogen and oxygen atoms in total. The van der Waals surface area contributed by atoms with Crippen LogP contribution in [-0.2, 0) is 13.0 Å². The van der Waals surface area contributed by atoms with E-state index in [0.29, 0.717) is 6.42 Å². The molecule has 3 heteroatoms. The molecule has 19 heavy (non-hydrogen) atoms. The first kappa shape index (κ1) is 13.6. The Kier molecular flexibility index (Phi) is 4.59. The molecule has 0 aliphatic heterocycles. The average molecular weight is 255 g/mol. The van der Waals surface area contributed by atoms with Gasteiger partial charge in [-0.1, -0.05) is 19.1 Å². The Hall–Kier alpha value is -1.79. The number of nitrogens with two attached hydrogens (primary N) is 1. The van der Waals surface area contributed by atoms with Gasteiger partial charge < -0.3 is 10.3 Å². The Morgan fingerprint density at radius 2 is 2.21 bits per heavy atom. The van der Waals surface area contributed by atoms with Crippen molar-refractivity contribution >= 4 is 10.9 Å². The summed E-state index contributed by atoms with van der Waals surface area (Å²) in [5.74, 6) is 0. The van der Waals surface area contributed by atoms with Crippen molar-refractivity contribution in [3.05, 3.63) is 36.0 Å². The Labute approximate surface area is 114 Å². The molecule has 0 bridgehead atoms. The Balaban J connectivity index is 2.24. The predicted molar refractivity (Wildman–Crippen MR) is 78.8 cm³/mol. The number of nitriles is 1. The monoisotopic (exact) mass is 255 g/mol. The average Bonchev–Trinajstić information content (AvgIpc) is 2.83. The molecule has 2 aromatic rings. The third kappa shape index (κ3) is 3.15. The maximum absolute atomic E-state index is 8.61. The fourth-order valence-electron chi connectivity index (χ4n) is 2.42. The number of nitrogens with zero attached hydrogens (tertiary/aromatic N) is 2. The lowest BCUT2D eigenvalue weighted by molar-refractivity contribution is 0.648. The molecule has 0 aliphatic carbocycles. The zero-order valence-electron chi connectivity index (χ0n) is 11.5. The fraction of sp³-hybridized carbons (Fsp3) is 0.438. The second-order valence-electron chi connectivity index (χ2n) is 4.99. The van der Waals surface area contributed by atoms with Gasteiger partial charge >= 0.3 is 0 Å². The van der Waals surface area contributed by atoms with Crippen LogP contribution in [0.4, 0.5) is 0 Å². The van der Waals surface area contributed by atoms with Crippen LogP contribution < -0.4 is 5.73 Å². The summed E-state index contributed by atoms with van der Waals surface area (Å²) in [6.07, 6.45) is 5.55. The molecule has 100 valence electrons. The SMILES string of the molecule is CCC(N)Cc1cccc2c1ccn2CCCC#N. The van der Waals surface area contributed by atoms with E-state index in [9.17, 15) is 0 Å². The Bertz CT molecular complexity index is 577. The topological polar surface area (TPSA) is 54.7 Å². The molecule has 0 radical (unpaired) electrons. The van der Waals surface area contributed by atoms with Gasteiger partial charge in [0, 0.05) is 36.1 Å². The third-order valence-corrected chi connectivity index (χ3v) is 3.60. The summed E-state index contributed by atoms with van der Waals surface area (Å²) in [5.41, 5.74) is 8.63. The molecule has 1 heterocycles. The normalized spacial score (nSPS) is 12.5. The molecular weight excluding hydrogens is 234 g/mol. The van der Waals surface area contributed by atoms with Crippen LogP contribution >= 0.6 is 0 Å². The van der Waals surface area contributed by atoms with Crippen LogP contribution in [0.15, 0.2) is 30.5 Å². The predicted octanol–water partition coefficient (Wildman–Crippen LogP) is 3.22. The molecular formula is C16H21N3. The second-order valence-corrected chi connectivity index (χ2v) is 4.99. The van der Waals surface area contributed by atoms with Gasteiger partial charge in [-0.2, -0.15) is 5.26 Å². The summed E-state index contributed by atoms with van der Waals surface area (Å²) in [6.45, 7) is 3.03. The molecule has 2 rings (SSSR count). The van der Waals surface area contributed by atoms with Gasteiger partial charge in [-0.05, 0) is 37.0 Å². The van der Waals surface area contributed by atoms with Crippen molar-refractivity contribution < 1.29 is 0 Å². The summed E-state index contributed by atoms with van der Waals surface area (Å²) in [5, 5.41) is 9.90. The van der Waals surface area contributed by atoms with Gasteiger partial charge in [0.2, 0.25) is 0 Å². The Morgan fingerprint density at radius 1 is 1.37 bits per heavy atom. The van der Waals surface area contributed by atoms with E-state index in [1.807, 2.05) is 0 Å². The number of fused-ring (bicyclic) bond motifs is 1. The largest absolute Gasteiger partial charge is 0.347 e. The van der Waals surface area contributed by atoms with E-state index in [1.165, 1.54) is 16.5 Å². The van der Waals surface area contributed by atoms with E-state index in [0.717, 1.165) is 25.8 Å². The van der Waals surface area contributed by atoms with Crippen molar-refractivity contribution in [3.8, 4) is 6.07 Å².